The molecule has 0 radical (unpaired) electrons. The van der Waals surface area contributed by atoms with E-state index in [-0.39, 0.29) is 0 Å². The minimum Gasteiger partial charge on any atom is -0.455 e. The molecule has 0 amide bonds. The van der Waals surface area contributed by atoms with Crippen molar-refractivity contribution in [3.05, 3.63) is 146 Å². The molecule has 0 aliphatic rings. The van der Waals surface area contributed by atoms with E-state index in [1.807, 2.05) is 72.9 Å². The average Bonchev–Trinajstić information content (AvgIpc) is 3.49. The van der Waals surface area contributed by atoms with Crippen LogP contribution in [0.3, 0.4) is 0 Å². The third-order valence-corrected chi connectivity index (χ3v) is 8.33. The van der Waals surface area contributed by atoms with Crippen molar-refractivity contribution in [1.29, 1.82) is 0 Å². The van der Waals surface area contributed by atoms with Gasteiger partial charge >= 0.3 is 0 Å². The van der Waals surface area contributed by atoms with Gasteiger partial charge in [0.2, 0.25) is 0 Å². The fourth-order valence-corrected chi connectivity index (χ4v) is 6.11. The molecule has 210 valence electrons. The lowest BCUT2D eigenvalue weighted by Crippen LogP contribution is -2.01. The molecule has 9 rings (SSSR count). The zero-order chi connectivity index (χ0) is 29.7. The number of aromatic nitrogens is 4. The first kappa shape index (κ1) is 25.3. The molecule has 45 heavy (non-hydrogen) atoms. The normalized spacial score (nSPS) is 11.6. The number of benzene rings is 6. The van der Waals surface area contributed by atoms with E-state index in [1.165, 1.54) is 0 Å². The second kappa shape index (κ2) is 10.2. The quantitative estimate of drug-likeness (QED) is 0.209. The molecule has 0 unspecified atom stereocenters. The van der Waals surface area contributed by atoms with Crippen LogP contribution in [0.25, 0.3) is 88.9 Å². The summed E-state index contributed by atoms with van der Waals surface area (Å²) in [6, 6.07) is 47.5. The Morgan fingerprint density at radius 2 is 1.02 bits per heavy atom. The number of rotatable bonds is 4. The van der Waals surface area contributed by atoms with Crippen molar-refractivity contribution in [2.45, 2.75) is 0 Å². The summed E-state index contributed by atoms with van der Waals surface area (Å²) >= 11 is 0. The Morgan fingerprint density at radius 1 is 0.444 bits per heavy atom. The lowest BCUT2D eigenvalue weighted by Gasteiger charge is -2.10. The predicted octanol–water partition coefficient (Wildman–Crippen LogP) is 10.1. The average molecular weight is 577 g/mol. The zero-order valence-corrected chi connectivity index (χ0v) is 24.1. The van der Waals surface area contributed by atoms with Crippen molar-refractivity contribution in [1.82, 2.24) is 19.9 Å². The molecule has 3 heterocycles. The lowest BCUT2D eigenvalue weighted by molar-refractivity contribution is 0.670. The van der Waals surface area contributed by atoms with Gasteiger partial charge in [-0.1, -0.05) is 121 Å². The molecule has 3 aromatic heterocycles. The third-order valence-electron chi connectivity index (χ3n) is 8.33. The minimum absolute atomic E-state index is 0.493. The Balaban J connectivity index is 1.35. The molecule has 0 atom stereocenters. The summed E-state index contributed by atoms with van der Waals surface area (Å²) in [4.78, 5) is 20.1. The Labute approximate surface area is 258 Å². The highest BCUT2D eigenvalue weighted by Gasteiger charge is 2.22. The molecule has 5 nitrogen and oxygen atoms in total. The van der Waals surface area contributed by atoms with Crippen molar-refractivity contribution < 1.29 is 4.42 Å². The topological polar surface area (TPSA) is 64.7 Å². The highest BCUT2D eigenvalue weighted by Crippen LogP contribution is 2.41. The van der Waals surface area contributed by atoms with Gasteiger partial charge < -0.3 is 4.42 Å². The Bertz CT molecular complexity index is 2540. The van der Waals surface area contributed by atoms with Gasteiger partial charge in [0.05, 0.1) is 5.39 Å². The maximum atomic E-state index is 6.68. The predicted molar refractivity (Wildman–Crippen MR) is 182 cm³/mol. The van der Waals surface area contributed by atoms with Gasteiger partial charge in [-0.3, -0.25) is 4.98 Å². The summed E-state index contributed by atoms with van der Waals surface area (Å²) in [5.41, 5.74) is 5.97. The van der Waals surface area contributed by atoms with Crippen molar-refractivity contribution in [3.8, 4) is 45.4 Å². The van der Waals surface area contributed by atoms with E-state index in [0.29, 0.717) is 23.2 Å². The van der Waals surface area contributed by atoms with E-state index in [2.05, 4.69) is 72.8 Å². The zero-order valence-electron chi connectivity index (χ0n) is 24.1. The molecule has 0 saturated carbocycles. The Kier molecular flexibility index (Phi) is 5.74. The van der Waals surface area contributed by atoms with E-state index in [0.717, 1.165) is 65.7 Å². The molecule has 0 aliphatic carbocycles. The number of furan rings is 1. The summed E-state index contributed by atoms with van der Waals surface area (Å²) < 4.78 is 6.68. The molecule has 0 aliphatic heterocycles. The van der Waals surface area contributed by atoms with Crippen LogP contribution in [0.4, 0.5) is 0 Å². The highest BCUT2D eigenvalue weighted by atomic mass is 16.3. The van der Waals surface area contributed by atoms with Crippen molar-refractivity contribution >= 4 is 43.5 Å². The van der Waals surface area contributed by atoms with Gasteiger partial charge in [-0.15, -0.1) is 0 Å². The summed E-state index contributed by atoms with van der Waals surface area (Å²) in [5, 5.41) is 6.38. The van der Waals surface area contributed by atoms with Gasteiger partial charge in [0.25, 0.3) is 0 Å². The van der Waals surface area contributed by atoms with Crippen LogP contribution in [0.5, 0.6) is 0 Å². The molecular formula is C40H24N4O. The van der Waals surface area contributed by atoms with Crippen LogP contribution in [0.15, 0.2) is 150 Å². The van der Waals surface area contributed by atoms with E-state index in [4.69, 9.17) is 24.4 Å². The number of nitrogens with zero attached hydrogens (tertiary/aromatic N) is 4. The number of fused-ring (bicyclic) bond motifs is 5. The molecule has 6 aromatic carbocycles. The Morgan fingerprint density at radius 3 is 1.76 bits per heavy atom. The second-order valence-electron chi connectivity index (χ2n) is 11.1. The third kappa shape index (κ3) is 4.33. The second-order valence-corrected chi connectivity index (χ2v) is 11.1. The number of hydrogen-bond acceptors (Lipinski definition) is 5. The van der Waals surface area contributed by atoms with Crippen molar-refractivity contribution in [3.63, 3.8) is 0 Å². The molecule has 0 bridgehead atoms. The molecule has 9 aromatic rings. The molecule has 0 N–H and O–H groups in total. The first-order valence-electron chi connectivity index (χ1n) is 14.9. The van der Waals surface area contributed by atoms with Crippen molar-refractivity contribution in [2.75, 3.05) is 0 Å². The smallest absolute Gasteiger partial charge is 0.183 e. The summed E-state index contributed by atoms with van der Waals surface area (Å²) in [5.74, 6) is 1.67. The molecular weight excluding hydrogens is 552 g/mol. The van der Waals surface area contributed by atoms with Gasteiger partial charge in [0, 0.05) is 28.3 Å². The van der Waals surface area contributed by atoms with Crippen LogP contribution < -0.4 is 0 Å². The summed E-state index contributed by atoms with van der Waals surface area (Å²) in [6.45, 7) is 0. The summed E-state index contributed by atoms with van der Waals surface area (Å²) in [7, 11) is 0. The maximum Gasteiger partial charge on any atom is 0.183 e. The van der Waals surface area contributed by atoms with Crippen LogP contribution in [0.1, 0.15) is 0 Å². The van der Waals surface area contributed by atoms with Crippen LogP contribution in [0.2, 0.25) is 0 Å². The lowest BCUT2D eigenvalue weighted by atomic mass is 10.0. The van der Waals surface area contributed by atoms with Crippen LogP contribution in [0, 0.1) is 0 Å². The van der Waals surface area contributed by atoms with Gasteiger partial charge in [0.15, 0.2) is 17.5 Å². The molecule has 5 heteroatoms. The van der Waals surface area contributed by atoms with Crippen molar-refractivity contribution in [2.24, 2.45) is 0 Å². The number of hydrogen-bond donors (Lipinski definition) is 0. The van der Waals surface area contributed by atoms with Gasteiger partial charge in [-0.2, -0.15) is 0 Å². The summed E-state index contributed by atoms with van der Waals surface area (Å²) in [6.07, 6.45) is 1.87. The van der Waals surface area contributed by atoms with E-state index < -0.39 is 0 Å². The van der Waals surface area contributed by atoms with Crippen LogP contribution in [-0.4, -0.2) is 19.9 Å². The maximum absolute atomic E-state index is 6.68. The van der Waals surface area contributed by atoms with Crippen LogP contribution in [-0.2, 0) is 0 Å². The van der Waals surface area contributed by atoms with E-state index >= 15 is 0 Å². The monoisotopic (exact) mass is 576 g/mol. The first-order chi connectivity index (χ1) is 22.3. The van der Waals surface area contributed by atoms with Crippen LogP contribution >= 0.6 is 0 Å². The van der Waals surface area contributed by atoms with Gasteiger partial charge in [0.1, 0.15) is 16.9 Å². The molecule has 0 spiro atoms. The molecule has 0 saturated heterocycles. The number of pyridine rings is 1. The standard InChI is InChI=1S/C40H24N4O/c1-3-12-26(13-4-1)33-24-41-36(35-32-22-29-17-9-10-18-30(29)23-34(32)45-37(33)35)40-43-38(27-14-5-2-6-15-27)42-39(44-40)31-20-19-25-11-7-8-16-28(25)21-31/h1-24H. The molecule has 0 fully saturated rings. The van der Waals surface area contributed by atoms with E-state index in [1.54, 1.807) is 0 Å². The highest BCUT2D eigenvalue weighted by molar-refractivity contribution is 6.17. The minimum atomic E-state index is 0.493. The van der Waals surface area contributed by atoms with Gasteiger partial charge in [-0.25, -0.2) is 15.0 Å². The fourth-order valence-electron chi connectivity index (χ4n) is 6.11. The largest absolute Gasteiger partial charge is 0.455 e. The SMILES string of the molecule is c1ccc(-c2nc(-c3ccc4ccccc4c3)nc(-c3ncc(-c4ccccc4)c4oc5cc6ccccc6cc5c34)n2)cc1. The fraction of sp³-hybridized carbons (Fsp3) is 0. The van der Waals surface area contributed by atoms with E-state index in [9.17, 15) is 0 Å². The van der Waals surface area contributed by atoms with Gasteiger partial charge in [-0.05, 0) is 45.3 Å². The first-order valence-corrected chi connectivity index (χ1v) is 14.9. The Hall–Kier alpha value is -6.20.